The molecular formula is C12H13Cl2NO4. The molecule has 0 saturated carbocycles. The maximum atomic E-state index is 10.9. The summed E-state index contributed by atoms with van der Waals surface area (Å²) in [4.78, 5) is 23.1. The third-order valence-electron chi connectivity index (χ3n) is 2.51. The van der Waals surface area contributed by atoms with Crippen molar-refractivity contribution < 1.29 is 19.8 Å². The van der Waals surface area contributed by atoms with Crippen molar-refractivity contribution in [1.29, 1.82) is 0 Å². The molecule has 0 aliphatic rings. The molecule has 19 heavy (non-hydrogen) atoms. The standard InChI is InChI=1S/C12H13Cl2NO4/c1-7(12(18)19)5-15(6-11(16)17)8-2-3-9(13)10(14)4-8/h2-4,7H,5-6H2,1H3,(H,16,17)(H,18,19). The van der Waals surface area contributed by atoms with Crippen LogP contribution in [0.2, 0.25) is 10.0 Å². The van der Waals surface area contributed by atoms with Gasteiger partial charge in [-0.15, -0.1) is 0 Å². The molecule has 7 heteroatoms. The SMILES string of the molecule is CC(CN(CC(=O)O)c1ccc(Cl)c(Cl)c1)C(=O)O. The molecule has 1 aromatic carbocycles. The van der Waals surface area contributed by atoms with Gasteiger partial charge in [-0.1, -0.05) is 30.1 Å². The Kier molecular flexibility index (Phi) is 5.44. The van der Waals surface area contributed by atoms with Crippen LogP contribution >= 0.6 is 23.2 Å². The molecule has 1 unspecified atom stereocenters. The molecule has 0 saturated heterocycles. The molecule has 0 bridgehead atoms. The van der Waals surface area contributed by atoms with Crippen LogP contribution in [-0.4, -0.2) is 35.2 Å². The van der Waals surface area contributed by atoms with Crippen molar-refractivity contribution in [2.24, 2.45) is 5.92 Å². The third-order valence-corrected chi connectivity index (χ3v) is 3.25. The molecule has 1 rings (SSSR count). The van der Waals surface area contributed by atoms with Crippen LogP contribution in [-0.2, 0) is 9.59 Å². The first-order valence-electron chi connectivity index (χ1n) is 5.46. The first-order valence-corrected chi connectivity index (χ1v) is 6.21. The summed E-state index contributed by atoms with van der Waals surface area (Å²) in [5.41, 5.74) is 0.518. The van der Waals surface area contributed by atoms with Gasteiger partial charge in [0.1, 0.15) is 6.54 Å². The average Bonchev–Trinajstić information content (AvgIpc) is 2.31. The highest BCUT2D eigenvalue weighted by atomic mass is 35.5. The van der Waals surface area contributed by atoms with E-state index in [2.05, 4.69) is 0 Å². The van der Waals surface area contributed by atoms with E-state index >= 15 is 0 Å². The highest BCUT2D eigenvalue weighted by molar-refractivity contribution is 6.42. The van der Waals surface area contributed by atoms with Crippen LogP contribution < -0.4 is 4.90 Å². The molecule has 0 amide bonds. The van der Waals surface area contributed by atoms with Gasteiger partial charge in [0.15, 0.2) is 0 Å². The number of anilines is 1. The molecule has 2 N–H and O–H groups in total. The van der Waals surface area contributed by atoms with Crippen molar-refractivity contribution in [1.82, 2.24) is 0 Å². The van der Waals surface area contributed by atoms with Crippen molar-refractivity contribution in [2.45, 2.75) is 6.92 Å². The molecule has 0 aliphatic carbocycles. The van der Waals surface area contributed by atoms with Crippen LogP contribution in [0.4, 0.5) is 5.69 Å². The second kappa shape index (κ2) is 6.63. The Bertz CT molecular complexity index is 493. The molecule has 104 valence electrons. The summed E-state index contributed by atoms with van der Waals surface area (Å²) in [6, 6.07) is 4.66. The summed E-state index contributed by atoms with van der Waals surface area (Å²) in [5.74, 6) is -2.74. The lowest BCUT2D eigenvalue weighted by atomic mass is 10.1. The quantitative estimate of drug-likeness (QED) is 0.844. The van der Waals surface area contributed by atoms with Crippen LogP contribution in [0.1, 0.15) is 6.92 Å². The lowest BCUT2D eigenvalue weighted by molar-refractivity contribution is -0.141. The maximum Gasteiger partial charge on any atom is 0.323 e. The Labute approximate surface area is 120 Å². The van der Waals surface area contributed by atoms with Gasteiger partial charge in [0.2, 0.25) is 0 Å². The van der Waals surface area contributed by atoms with E-state index in [1.165, 1.54) is 17.9 Å². The monoisotopic (exact) mass is 305 g/mol. The number of carboxylic acids is 2. The highest BCUT2D eigenvalue weighted by Crippen LogP contribution is 2.27. The van der Waals surface area contributed by atoms with E-state index in [4.69, 9.17) is 33.4 Å². The molecule has 1 atom stereocenters. The van der Waals surface area contributed by atoms with Gasteiger partial charge in [-0.25, -0.2) is 0 Å². The van der Waals surface area contributed by atoms with E-state index in [1.807, 2.05) is 0 Å². The molecule has 1 aromatic rings. The zero-order valence-electron chi connectivity index (χ0n) is 10.1. The van der Waals surface area contributed by atoms with Crippen LogP contribution in [0, 0.1) is 5.92 Å². The summed E-state index contributed by atoms with van der Waals surface area (Å²) in [6.07, 6.45) is 0. The predicted molar refractivity (Wildman–Crippen MR) is 73.1 cm³/mol. The Morgan fingerprint density at radius 3 is 2.37 bits per heavy atom. The van der Waals surface area contributed by atoms with Gasteiger partial charge in [-0.2, -0.15) is 0 Å². The number of aliphatic carboxylic acids is 2. The van der Waals surface area contributed by atoms with Gasteiger partial charge in [0, 0.05) is 12.2 Å². The van der Waals surface area contributed by atoms with Gasteiger partial charge in [-0.3, -0.25) is 9.59 Å². The number of hydrogen-bond donors (Lipinski definition) is 2. The highest BCUT2D eigenvalue weighted by Gasteiger charge is 2.19. The van der Waals surface area contributed by atoms with Crippen LogP contribution in [0.15, 0.2) is 18.2 Å². The van der Waals surface area contributed by atoms with Crippen molar-refractivity contribution in [3.05, 3.63) is 28.2 Å². The molecule has 0 aromatic heterocycles. The van der Waals surface area contributed by atoms with Gasteiger partial charge < -0.3 is 15.1 Å². The number of nitrogens with zero attached hydrogens (tertiary/aromatic N) is 1. The number of rotatable bonds is 6. The summed E-state index contributed by atoms with van der Waals surface area (Å²) >= 11 is 11.7. The van der Waals surface area contributed by atoms with E-state index < -0.39 is 17.9 Å². The molecule has 5 nitrogen and oxygen atoms in total. The molecule has 0 spiro atoms. The van der Waals surface area contributed by atoms with Gasteiger partial charge in [0.25, 0.3) is 0 Å². The zero-order valence-corrected chi connectivity index (χ0v) is 11.6. The number of benzene rings is 1. The van der Waals surface area contributed by atoms with Gasteiger partial charge in [0.05, 0.1) is 16.0 Å². The van der Waals surface area contributed by atoms with E-state index in [9.17, 15) is 9.59 Å². The Hall–Kier alpha value is -1.46. The third kappa shape index (κ3) is 4.61. The fraction of sp³-hybridized carbons (Fsp3) is 0.333. The Morgan fingerprint density at radius 1 is 1.26 bits per heavy atom. The second-order valence-corrected chi connectivity index (χ2v) is 4.93. The van der Waals surface area contributed by atoms with E-state index in [0.717, 1.165) is 0 Å². The first-order chi connectivity index (χ1) is 8.81. The van der Waals surface area contributed by atoms with Crippen LogP contribution in [0.25, 0.3) is 0 Å². The summed E-state index contributed by atoms with van der Waals surface area (Å²) < 4.78 is 0. The van der Waals surface area contributed by atoms with Gasteiger partial charge in [-0.05, 0) is 18.2 Å². The van der Waals surface area contributed by atoms with Crippen LogP contribution in [0.5, 0.6) is 0 Å². The largest absolute Gasteiger partial charge is 0.481 e. The van der Waals surface area contributed by atoms with Crippen molar-refractivity contribution in [2.75, 3.05) is 18.0 Å². The van der Waals surface area contributed by atoms with Gasteiger partial charge >= 0.3 is 11.9 Å². The lowest BCUT2D eigenvalue weighted by Gasteiger charge is -2.25. The number of carbonyl (C=O) groups is 2. The fourth-order valence-electron chi connectivity index (χ4n) is 1.51. The lowest BCUT2D eigenvalue weighted by Crippen LogP contribution is -2.35. The van der Waals surface area contributed by atoms with Crippen molar-refractivity contribution in [3.8, 4) is 0 Å². The number of hydrogen-bond acceptors (Lipinski definition) is 3. The van der Waals surface area contributed by atoms with E-state index in [0.29, 0.717) is 10.7 Å². The topological polar surface area (TPSA) is 77.8 Å². The summed E-state index contributed by atoms with van der Waals surface area (Å²) in [6.45, 7) is 1.27. The summed E-state index contributed by atoms with van der Waals surface area (Å²) in [5, 5.41) is 18.4. The zero-order chi connectivity index (χ0) is 14.6. The van der Waals surface area contributed by atoms with E-state index in [1.54, 1.807) is 12.1 Å². The average molecular weight is 306 g/mol. The van der Waals surface area contributed by atoms with Crippen molar-refractivity contribution >= 4 is 40.8 Å². The number of halogens is 2. The van der Waals surface area contributed by atoms with Crippen LogP contribution in [0.3, 0.4) is 0 Å². The minimum absolute atomic E-state index is 0.0690. The fourth-order valence-corrected chi connectivity index (χ4v) is 1.81. The predicted octanol–water partition coefficient (Wildman–Crippen LogP) is 2.61. The normalized spacial score (nSPS) is 11.9. The number of carboxylic acid groups (broad SMARTS) is 2. The maximum absolute atomic E-state index is 10.9. The second-order valence-electron chi connectivity index (χ2n) is 4.11. The minimum Gasteiger partial charge on any atom is -0.481 e. The first kappa shape index (κ1) is 15.6. The molecule has 0 radical (unpaired) electrons. The molecular weight excluding hydrogens is 293 g/mol. The smallest absolute Gasteiger partial charge is 0.323 e. The molecule has 0 fully saturated rings. The summed E-state index contributed by atoms with van der Waals surface area (Å²) in [7, 11) is 0. The van der Waals surface area contributed by atoms with E-state index in [-0.39, 0.29) is 18.1 Å². The van der Waals surface area contributed by atoms with Crippen molar-refractivity contribution in [3.63, 3.8) is 0 Å². The molecule has 0 aliphatic heterocycles. The Morgan fingerprint density at radius 2 is 1.89 bits per heavy atom. The Balaban J connectivity index is 2.98. The molecule has 0 heterocycles. The minimum atomic E-state index is -1.05.